The third kappa shape index (κ3) is 9.95. The summed E-state index contributed by atoms with van der Waals surface area (Å²) in [7, 11) is 1.34. The van der Waals surface area contributed by atoms with E-state index in [2.05, 4.69) is 11.7 Å². The fourth-order valence-corrected chi connectivity index (χ4v) is 0.102. The summed E-state index contributed by atoms with van der Waals surface area (Å²) in [5, 5.41) is 0. The molecule has 0 aliphatic carbocycles. The standard InChI is InChI=1S/C4H7O2.HI.Zn/c1-3-4(5)6-2;;/h1,3H2,2H3;1H;/p-1. The SMILES string of the molecule is [CH2]CC(=O)OC.[I-].[Zn]. The van der Waals surface area contributed by atoms with Gasteiger partial charge in [-0.25, -0.2) is 0 Å². The number of esters is 1. The van der Waals surface area contributed by atoms with Gasteiger partial charge in [-0.1, -0.05) is 0 Å². The van der Waals surface area contributed by atoms with Crippen LogP contribution in [0.25, 0.3) is 0 Å². The minimum absolute atomic E-state index is 0. The van der Waals surface area contributed by atoms with E-state index in [9.17, 15) is 4.79 Å². The molecule has 0 saturated carbocycles. The van der Waals surface area contributed by atoms with E-state index >= 15 is 0 Å². The number of carbonyl (C=O) groups excluding carboxylic acids is 1. The van der Waals surface area contributed by atoms with E-state index in [0.717, 1.165) is 0 Å². The van der Waals surface area contributed by atoms with Gasteiger partial charge in [-0.05, 0) is 6.92 Å². The van der Waals surface area contributed by atoms with Crippen LogP contribution in [-0.4, -0.2) is 13.1 Å². The van der Waals surface area contributed by atoms with E-state index in [-0.39, 0.29) is 55.8 Å². The second kappa shape index (κ2) is 10.7. The molecule has 0 aromatic carbocycles. The Balaban J connectivity index is -0.000000125. The molecule has 0 aromatic rings. The maximum atomic E-state index is 9.90. The minimum atomic E-state index is -0.269. The molecule has 2 nitrogen and oxygen atoms in total. The summed E-state index contributed by atoms with van der Waals surface area (Å²) >= 11 is 0. The van der Waals surface area contributed by atoms with E-state index < -0.39 is 0 Å². The number of hydrogen-bond acceptors (Lipinski definition) is 2. The first-order chi connectivity index (χ1) is 2.81. The smallest absolute Gasteiger partial charge is 0.305 e. The Kier molecular flexibility index (Phi) is 21.4. The molecule has 0 spiro atoms. The number of hydrogen-bond donors (Lipinski definition) is 0. The van der Waals surface area contributed by atoms with Gasteiger partial charge in [0.25, 0.3) is 0 Å². The van der Waals surface area contributed by atoms with E-state index in [1.54, 1.807) is 0 Å². The summed E-state index contributed by atoms with van der Waals surface area (Å²) in [5.74, 6) is -0.269. The van der Waals surface area contributed by atoms with Crippen LogP contribution in [-0.2, 0) is 29.0 Å². The largest absolute Gasteiger partial charge is 1.00 e. The monoisotopic (exact) mass is 278 g/mol. The third-order valence-electron chi connectivity index (χ3n) is 0.432. The molecule has 45 valence electrons. The first-order valence-corrected chi connectivity index (χ1v) is 1.67. The number of methoxy groups -OCH3 is 1. The van der Waals surface area contributed by atoms with Gasteiger partial charge in [-0.15, -0.1) is 0 Å². The Labute approximate surface area is 79.1 Å². The van der Waals surface area contributed by atoms with Crippen LogP contribution < -0.4 is 24.0 Å². The van der Waals surface area contributed by atoms with Crippen LogP contribution >= 0.6 is 0 Å². The Bertz CT molecular complexity index is 52.0. The summed E-state index contributed by atoms with van der Waals surface area (Å²) in [6.45, 7) is 3.28. The number of halogens is 1. The summed E-state index contributed by atoms with van der Waals surface area (Å²) < 4.78 is 4.20. The van der Waals surface area contributed by atoms with Gasteiger partial charge in [0.15, 0.2) is 0 Å². The van der Waals surface area contributed by atoms with Gasteiger partial charge < -0.3 is 28.7 Å². The molecule has 0 aliphatic rings. The fraction of sp³-hybridized carbons (Fsp3) is 0.500. The van der Waals surface area contributed by atoms with Crippen molar-refractivity contribution in [3.63, 3.8) is 0 Å². The molecule has 0 heterocycles. The van der Waals surface area contributed by atoms with Gasteiger partial charge in [-0.2, -0.15) is 0 Å². The quantitative estimate of drug-likeness (QED) is 0.299. The Hall–Kier alpha value is 0.823. The maximum absolute atomic E-state index is 9.90. The molecule has 0 amide bonds. The molecule has 4 heteroatoms. The second-order valence-corrected chi connectivity index (χ2v) is 0.826. The van der Waals surface area contributed by atoms with Crippen LogP contribution in [0.5, 0.6) is 0 Å². The number of carbonyl (C=O) groups is 1. The molecule has 8 heavy (non-hydrogen) atoms. The zero-order chi connectivity index (χ0) is 4.99. The van der Waals surface area contributed by atoms with Gasteiger partial charge in [0.1, 0.15) is 0 Å². The minimum Gasteiger partial charge on any atom is -1.00 e. The molecule has 0 N–H and O–H groups in total. The van der Waals surface area contributed by atoms with Gasteiger partial charge in [-0.3, -0.25) is 4.79 Å². The molecule has 0 unspecified atom stereocenters. The van der Waals surface area contributed by atoms with Crippen LogP contribution in [0.15, 0.2) is 0 Å². The Morgan fingerprint density at radius 2 is 2.12 bits per heavy atom. The van der Waals surface area contributed by atoms with Crippen LogP contribution in [0.1, 0.15) is 6.42 Å². The molecule has 1 radical (unpaired) electrons. The fourth-order valence-electron chi connectivity index (χ4n) is 0.102. The van der Waals surface area contributed by atoms with Crippen LogP contribution in [0, 0.1) is 6.92 Å². The van der Waals surface area contributed by atoms with Crippen molar-refractivity contribution in [2.45, 2.75) is 6.42 Å². The first kappa shape index (κ1) is 15.9. The topological polar surface area (TPSA) is 26.3 Å². The maximum Gasteiger partial charge on any atom is 0.305 e. The van der Waals surface area contributed by atoms with E-state index in [0.29, 0.717) is 0 Å². The van der Waals surface area contributed by atoms with Crippen molar-refractivity contribution < 1.29 is 53.0 Å². The molecular weight excluding hydrogens is 272 g/mol. The van der Waals surface area contributed by atoms with Crippen LogP contribution in [0.4, 0.5) is 0 Å². The van der Waals surface area contributed by atoms with Gasteiger partial charge in [0.2, 0.25) is 0 Å². The zero-order valence-electron chi connectivity index (χ0n) is 4.82. The summed E-state index contributed by atoms with van der Waals surface area (Å²) in [6.07, 6.45) is 0.219. The van der Waals surface area contributed by atoms with Crippen molar-refractivity contribution in [1.82, 2.24) is 0 Å². The van der Waals surface area contributed by atoms with Crippen molar-refractivity contribution >= 4 is 5.97 Å². The predicted octanol–water partition coefficient (Wildman–Crippen LogP) is -2.61. The molecule has 0 aliphatic heterocycles. The molecule has 0 atom stereocenters. The van der Waals surface area contributed by atoms with Crippen LogP contribution in [0.3, 0.4) is 0 Å². The van der Waals surface area contributed by atoms with Crippen molar-refractivity contribution in [3.05, 3.63) is 6.92 Å². The molecule has 0 aromatic heterocycles. The molecule has 0 bridgehead atoms. The van der Waals surface area contributed by atoms with Gasteiger partial charge in [0, 0.05) is 25.9 Å². The predicted molar refractivity (Wildman–Crippen MR) is 22.0 cm³/mol. The number of rotatable bonds is 1. The summed E-state index contributed by atoms with van der Waals surface area (Å²) in [5.41, 5.74) is 0. The molecule has 0 fully saturated rings. The van der Waals surface area contributed by atoms with Crippen LogP contribution in [0.2, 0.25) is 0 Å². The summed E-state index contributed by atoms with van der Waals surface area (Å²) in [6, 6.07) is 0. The van der Waals surface area contributed by atoms with Crippen molar-refractivity contribution in [2.24, 2.45) is 0 Å². The van der Waals surface area contributed by atoms with E-state index in [1.165, 1.54) is 7.11 Å². The Morgan fingerprint density at radius 1 is 1.75 bits per heavy atom. The van der Waals surface area contributed by atoms with Gasteiger partial charge in [0.05, 0.1) is 7.11 Å². The average Bonchev–Trinajstić information content (AvgIpc) is 1.65. The summed E-state index contributed by atoms with van der Waals surface area (Å²) in [4.78, 5) is 9.90. The third-order valence-corrected chi connectivity index (χ3v) is 0.432. The molecular formula is C4H7IO2Zn-. The average molecular weight is 279 g/mol. The van der Waals surface area contributed by atoms with E-state index in [4.69, 9.17) is 0 Å². The zero-order valence-corrected chi connectivity index (χ0v) is 9.94. The number of ether oxygens (including phenoxy) is 1. The van der Waals surface area contributed by atoms with Crippen molar-refractivity contribution in [3.8, 4) is 0 Å². The normalized spacial score (nSPS) is 5.75. The van der Waals surface area contributed by atoms with Gasteiger partial charge >= 0.3 is 5.97 Å². The van der Waals surface area contributed by atoms with Crippen molar-refractivity contribution in [2.75, 3.05) is 7.11 Å². The Morgan fingerprint density at radius 3 is 2.12 bits per heavy atom. The van der Waals surface area contributed by atoms with Crippen molar-refractivity contribution in [1.29, 1.82) is 0 Å². The molecule has 0 saturated heterocycles. The molecule has 0 rings (SSSR count). The van der Waals surface area contributed by atoms with E-state index in [1.807, 2.05) is 0 Å². The first-order valence-electron chi connectivity index (χ1n) is 1.67. The second-order valence-electron chi connectivity index (χ2n) is 0.826.